The maximum atomic E-state index is 13.0. The molecule has 0 aliphatic heterocycles. The maximum absolute atomic E-state index is 13.0. The van der Waals surface area contributed by atoms with Gasteiger partial charge in [-0.2, -0.15) is 0 Å². The van der Waals surface area contributed by atoms with Crippen molar-refractivity contribution in [2.45, 2.75) is 92.4 Å². The van der Waals surface area contributed by atoms with Crippen LogP contribution in [-0.4, -0.2) is 25.6 Å². The highest BCUT2D eigenvalue weighted by Crippen LogP contribution is 2.44. The highest BCUT2D eigenvalue weighted by molar-refractivity contribution is 7.17. The van der Waals surface area contributed by atoms with Crippen molar-refractivity contribution in [1.82, 2.24) is 0 Å². The molecule has 1 aliphatic carbocycles. The van der Waals surface area contributed by atoms with Crippen LogP contribution in [0, 0.1) is 11.3 Å². The lowest BCUT2D eigenvalue weighted by molar-refractivity contribution is -0.118. The minimum Gasteiger partial charge on any atom is -0.483 e. The van der Waals surface area contributed by atoms with Gasteiger partial charge in [0.15, 0.2) is 6.61 Å². The highest BCUT2D eigenvalue weighted by Gasteiger charge is 2.34. The molecule has 0 saturated heterocycles. The number of amides is 1. The molecule has 1 N–H and O–H groups in total. The number of carbonyl (C=O) groups excluding carboxylic acids is 2. The second-order valence-corrected chi connectivity index (χ2v) is 14.2. The smallest absolute Gasteiger partial charge is 0.341 e. The van der Waals surface area contributed by atoms with Gasteiger partial charge in [-0.3, -0.25) is 4.79 Å². The molecule has 6 heteroatoms. The van der Waals surface area contributed by atoms with E-state index in [1.807, 2.05) is 6.07 Å². The second-order valence-electron chi connectivity index (χ2n) is 13.1. The minimum absolute atomic E-state index is 0.0183. The van der Waals surface area contributed by atoms with Crippen molar-refractivity contribution in [2.75, 3.05) is 19.0 Å². The van der Waals surface area contributed by atoms with E-state index in [9.17, 15) is 9.59 Å². The Bertz CT molecular complexity index is 1130. The Hall–Kier alpha value is -2.34. The van der Waals surface area contributed by atoms with Crippen LogP contribution < -0.4 is 10.1 Å². The first-order valence-corrected chi connectivity index (χ1v) is 13.6. The van der Waals surface area contributed by atoms with Gasteiger partial charge >= 0.3 is 5.97 Å². The third kappa shape index (κ3) is 6.31. The first-order chi connectivity index (χ1) is 16.5. The lowest BCUT2D eigenvalue weighted by Gasteiger charge is -2.33. The molecule has 1 amide bonds. The Morgan fingerprint density at radius 1 is 1.03 bits per heavy atom. The van der Waals surface area contributed by atoms with Gasteiger partial charge in [-0.15, -0.1) is 11.3 Å². The molecule has 0 saturated carbocycles. The van der Waals surface area contributed by atoms with Gasteiger partial charge < -0.3 is 14.8 Å². The molecule has 198 valence electrons. The average molecular weight is 514 g/mol. The summed E-state index contributed by atoms with van der Waals surface area (Å²) in [4.78, 5) is 26.8. The second kappa shape index (κ2) is 10.2. The number of nitrogens with one attached hydrogen (secondary N) is 1. The number of esters is 1. The summed E-state index contributed by atoms with van der Waals surface area (Å²) in [7, 11) is 1.39. The van der Waals surface area contributed by atoms with Crippen molar-refractivity contribution < 1.29 is 19.1 Å². The summed E-state index contributed by atoms with van der Waals surface area (Å²) in [5.74, 6) is 0.557. The summed E-state index contributed by atoms with van der Waals surface area (Å²) in [6.45, 7) is 19.6. The number of anilines is 1. The lowest BCUT2D eigenvalue weighted by Crippen LogP contribution is -2.26. The Labute approximate surface area is 221 Å². The molecule has 1 aromatic carbocycles. The van der Waals surface area contributed by atoms with E-state index in [-0.39, 0.29) is 28.8 Å². The largest absolute Gasteiger partial charge is 0.483 e. The summed E-state index contributed by atoms with van der Waals surface area (Å²) in [6.07, 6.45) is 2.75. The zero-order valence-electron chi connectivity index (χ0n) is 23.7. The monoisotopic (exact) mass is 513 g/mol. The van der Waals surface area contributed by atoms with Crippen molar-refractivity contribution >= 4 is 28.2 Å². The lowest BCUT2D eigenvalue weighted by atomic mass is 9.72. The fourth-order valence-corrected chi connectivity index (χ4v) is 6.08. The molecule has 36 heavy (non-hydrogen) atoms. The van der Waals surface area contributed by atoms with Crippen LogP contribution in [0.15, 0.2) is 18.2 Å². The third-order valence-electron chi connectivity index (χ3n) is 7.14. The predicted octanol–water partition coefficient (Wildman–Crippen LogP) is 7.30. The molecule has 2 aromatic rings. The van der Waals surface area contributed by atoms with Gasteiger partial charge in [-0.05, 0) is 64.2 Å². The van der Waals surface area contributed by atoms with Crippen molar-refractivity contribution in [1.29, 1.82) is 0 Å². The molecular formula is C30H43NO4S. The van der Waals surface area contributed by atoms with Gasteiger partial charge in [0, 0.05) is 4.88 Å². The Morgan fingerprint density at radius 3 is 2.25 bits per heavy atom. The highest BCUT2D eigenvalue weighted by atomic mass is 32.1. The SMILES string of the molecule is COC(=O)c1c(NC(=O)COc2ccc(C(C)(C)C)cc2C(C)(C)C)sc2c1CCC(C(C)(C)C)C2. The molecule has 1 heterocycles. The fourth-order valence-electron chi connectivity index (χ4n) is 4.75. The van der Waals surface area contributed by atoms with Crippen LogP contribution in [0.5, 0.6) is 5.75 Å². The number of benzene rings is 1. The number of rotatable bonds is 5. The molecule has 1 aromatic heterocycles. The normalized spacial score (nSPS) is 16.3. The standard InChI is InChI=1S/C30H43NO4S/c1-28(2,3)18-12-14-22(21(15-18)30(7,8)9)35-17-24(32)31-26-25(27(33)34-10)20-13-11-19(29(4,5)6)16-23(20)36-26/h12,14-15,19H,11,13,16-17H2,1-10H3,(H,31,32). The zero-order valence-corrected chi connectivity index (χ0v) is 24.5. The molecule has 5 nitrogen and oxygen atoms in total. The molecule has 0 fully saturated rings. The summed E-state index contributed by atoms with van der Waals surface area (Å²) in [5, 5.41) is 3.52. The van der Waals surface area contributed by atoms with Crippen molar-refractivity contribution in [2.24, 2.45) is 11.3 Å². The first kappa shape index (κ1) is 28.2. The van der Waals surface area contributed by atoms with Crippen molar-refractivity contribution in [3.8, 4) is 5.75 Å². The number of carbonyl (C=O) groups is 2. The first-order valence-electron chi connectivity index (χ1n) is 12.8. The molecule has 0 bridgehead atoms. The van der Waals surface area contributed by atoms with E-state index in [0.717, 1.165) is 30.4 Å². The Balaban J connectivity index is 1.81. The van der Waals surface area contributed by atoms with Crippen molar-refractivity contribution in [3.05, 3.63) is 45.3 Å². The number of hydrogen-bond donors (Lipinski definition) is 1. The molecule has 1 unspecified atom stereocenters. The molecule has 0 spiro atoms. The molecule has 1 aliphatic rings. The van der Waals surface area contributed by atoms with Crippen LogP contribution in [0.2, 0.25) is 0 Å². The van der Waals surface area contributed by atoms with E-state index in [0.29, 0.717) is 22.2 Å². The van der Waals surface area contributed by atoms with Gasteiger partial charge in [-0.25, -0.2) is 4.79 Å². The average Bonchev–Trinajstić information content (AvgIpc) is 3.12. The van der Waals surface area contributed by atoms with Crippen LogP contribution in [0.4, 0.5) is 5.00 Å². The quantitative estimate of drug-likeness (QED) is 0.426. The Morgan fingerprint density at radius 2 is 1.69 bits per heavy atom. The Kier molecular flexibility index (Phi) is 8.00. The van der Waals surface area contributed by atoms with E-state index in [2.05, 4.69) is 79.8 Å². The van der Waals surface area contributed by atoms with Gasteiger partial charge in [0.2, 0.25) is 0 Å². The molecule has 1 atom stereocenters. The van der Waals surface area contributed by atoms with Crippen LogP contribution in [0.25, 0.3) is 0 Å². The van der Waals surface area contributed by atoms with Crippen LogP contribution >= 0.6 is 11.3 Å². The molecule has 3 rings (SSSR count). The van der Waals surface area contributed by atoms with Crippen LogP contribution in [-0.2, 0) is 33.2 Å². The molecule has 0 radical (unpaired) electrons. The van der Waals surface area contributed by atoms with E-state index < -0.39 is 5.97 Å². The number of fused-ring (bicyclic) bond motifs is 1. The predicted molar refractivity (Wildman–Crippen MR) is 149 cm³/mol. The topological polar surface area (TPSA) is 64.6 Å². The number of ether oxygens (including phenoxy) is 2. The van der Waals surface area contributed by atoms with Gasteiger partial charge in [0.1, 0.15) is 10.8 Å². The number of thiophene rings is 1. The van der Waals surface area contributed by atoms with Gasteiger partial charge in [0.05, 0.1) is 12.7 Å². The van der Waals surface area contributed by atoms with E-state index >= 15 is 0 Å². The van der Waals surface area contributed by atoms with Gasteiger partial charge in [0.25, 0.3) is 5.91 Å². The van der Waals surface area contributed by atoms with E-state index in [4.69, 9.17) is 9.47 Å². The van der Waals surface area contributed by atoms with Crippen LogP contribution in [0.3, 0.4) is 0 Å². The summed E-state index contributed by atoms with van der Waals surface area (Å²) < 4.78 is 11.1. The summed E-state index contributed by atoms with van der Waals surface area (Å²) >= 11 is 1.50. The van der Waals surface area contributed by atoms with Crippen molar-refractivity contribution in [3.63, 3.8) is 0 Å². The minimum atomic E-state index is -0.397. The van der Waals surface area contributed by atoms with Crippen LogP contribution in [0.1, 0.15) is 101 Å². The fraction of sp³-hybridized carbons (Fsp3) is 0.600. The number of methoxy groups -OCH3 is 1. The summed E-state index contributed by atoms with van der Waals surface area (Å²) in [6, 6.07) is 6.21. The molecular weight excluding hydrogens is 470 g/mol. The maximum Gasteiger partial charge on any atom is 0.341 e. The number of hydrogen-bond acceptors (Lipinski definition) is 5. The third-order valence-corrected chi connectivity index (χ3v) is 8.31. The zero-order chi connectivity index (χ0) is 27.1. The van der Waals surface area contributed by atoms with Gasteiger partial charge in [-0.1, -0.05) is 74.4 Å². The van der Waals surface area contributed by atoms with E-state index in [1.54, 1.807) is 0 Å². The van der Waals surface area contributed by atoms with E-state index in [1.165, 1.54) is 28.9 Å². The summed E-state index contributed by atoms with van der Waals surface area (Å²) in [5.41, 5.74) is 3.89.